The number of benzene rings is 2. The number of carbonyl (C=O) groups excluding carboxylic acids is 2. The van der Waals surface area contributed by atoms with Crippen LogP contribution in [0.15, 0.2) is 66.5 Å². The largest absolute Gasteiger partial charge is 0.507 e. The summed E-state index contributed by atoms with van der Waals surface area (Å²) in [4.78, 5) is 32.2. The zero-order valence-corrected chi connectivity index (χ0v) is 20.2. The first-order valence-corrected chi connectivity index (χ1v) is 11.7. The Balaban J connectivity index is 1.61. The quantitative estimate of drug-likeness (QED) is 0.304. The molecular weight excluding hydrogens is 460 g/mol. The number of amides is 1. The van der Waals surface area contributed by atoms with E-state index < -0.39 is 17.7 Å². The summed E-state index contributed by atoms with van der Waals surface area (Å²) < 4.78 is 16.7. The first-order chi connectivity index (χ1) is 17.3. The molecule has 8 nitrogen and oxygen atoms in total. The number of aryl methyl sites for hydroxylation is 1. The molecule has 36 heavy (non-hydrogen) atoms. The number of rotatable bonds is 6. The second-order valence-electron chi connectivity index (χ2n) is 9.18. The summed E-state index contributed by atoms with van der Waals surface area (Å²) in [5, 5.41) is 11.4. The second kappa shape index (κ2) is 9.37. The number of fused-ring (bicyclic) bond motifs is 1. The Bertz CT molecular complexity index is 1370. The minimum absolute atomic E-state index is 0.0130. The lowest BCUT2D eigenvalue weighted by Crippen LogP contribution is -2.29. The summed E-state index contributed by atoms with van der Waals surface area (Å²) in [7, 11) is 0. The van der Waals surface area contributed by atoms with Gasteiger partial charge in [0.15, 0.2) is 11.5 Å². The molecule has 0 bridgehead atoms. The highest BCUT2D eigenvalue weighted by atomic mass is 16.7. The predicted molar refractivity (Wildman–Crippen MR) is 133 cm³/mol. The average molecular weight is 487 g/mol. The fourth-order valence-corrected chi connectivity index (χ4v) is 4.36. The van der Waals surface area contributed by atoms with Crippen molar-refractivity contribution in [2.45, 2.75) is 26.8 Å². The highest BCUT2D eigenvalue weighted by Crippen LogP contribution is 2.44. The van der Waals surface area contributed by atoms with Crippen LogP contribution in [0.2, 0.25) is 0 Å². The number of anilines is 1. The Morgan fingerprint density at radius 3 is 2.67 bits per heavy atom. The number of aromatic nitrogens is 1. The molecule has 8 heteroatoms. The van der Waals surface area contributed by atoms with Crippen molar-refractivity contribution in [1.29, 1.82) is 0 Å². The summed E-state index contributed by atoms with van der Waals surface area (Å²) in [5.41, 5.74) is 2.25. The Labute approximate surface area is 208 Å². The van der Waals surface area contributed by atoms with Gasteiger partial charge in [-0.2, -0.15) is 0 Å². The number of hydrogen-bond donors (Lipinski definition) is 1. The summed E-state index contributed by atoms with van der Waals surface area (Å²) >= 11 is 0. The predicted octanol–water partition coefficient (Wildman–Crippen LogP) is 4.78. The van der Waals surface area contributed by atoms with Crippen molar-refractivity contribution in [1.82, 2.24) is 4.98 Å². The number of aliphatic hydroxyl groups is 1. The van der Waals surface area contributed by atoms with Crippen LogP contribution in [-0.4, -0.2) is 35.2 Å². The van der Waals surface area contributed by atoms with E-state index in [2.05, 4.69) is 18.8 Å². The number of Topliss-reactive ketones (excluding diaryl/α,β-unsaturated/α-hetero) is 1. The summed E-state index contributed by atoms with van der Waals surface area (Å²) in [5.74, 6) is 0.308. The molecule has 1 aromatic heterocycles. The van der Waals surface area contributed by atoms with Crippen molar-refractivity contribution in [3.05, 3.63) is 83.2 Å². The fourth-order valence-electron chi connectivity index (χ4n) is 4.36. The third-order valence-corrected chi connectivity index (χ3v) is 6.10. The van der Waals surface area contributed by atoms with Crippen LogP contribution in [-0.2, 0) is 9.59 Å². The lowest BCUT2D eigenvalue weighted by atomic mass is 9.95. The Kier molecular flexibility index (Phi) is 6.10. The highest BCUT2D eigenvalue weighted by molar-refractivity contribution is 6.51. The number of ketones is 1. The van der Waals surface area contributed by atoms with Crippen LogP contribution in [0.5, 0.6) is 17.2 Å². The van der Waals surface area contributed by atoms with Crippen molar-refractivity contribution in [2.24, 2.45) is 5.92 Å². The van der Waals surface area contributed by atoms with Crippen molar-refractivity contribution in [3.63, 3.8) is 0 Å². The Hall–Kier alpha value is -4.33. The van der Waals surface area contributed by atoms with Gasteiger partial charge in [-0.1, -0.05) is 19.9 Å². The molecule has 1 atom stereocenters. The number of hydrogen-bond acceptors (Lipinski definition) is 7. The van der Waals surface area contributed by atoms with Gasteiger partial charge in [0.2, 0.25) is 6.79 Å². The van der Waals surface area contributed by atoms with Crippen molar-refractivity contribution in [3.8, 4) is 17.2 Å². The maximum atomic E-state index is 13.3. The molecule has 184 valence electrons. The minimum Gasteiger partial charge on any atom is -0.507 e. The lowest BCUT2D eigenvalue weighted by Gasteiger charge is -2.25. The molecule has 2 aliphatic rings. The Morgan fingerprint density at radius 2 is 1.94 bits per heavy atom. The van der Waals surface area contributed by atoms with Crippen LogP contribution in [0.4, 0.5) is 5.69 Å². The minimum atomic E-state index is -0.878. The van der Waals surface area contributed by atoms with Gasteiger partial charge >= 0.3 is 0 Å². The van der Waals surface area contributed by atoms with E-state index in [0.29, 0.717) is 46.6 Å². The fraction of sp³-hybridized carbons (Fsp3) is 0.250. The van der Waals surface area contributed by atoms with Crippen LogP contribution in [0.3, 0.4) is 0 Å². The maximum absolute atomic E-state index is 13.3. The van der Waals surface area contributed by atoms with Crippen LogP contribution < -0.4 is 19.1 Å². The van der Waals surface area contributed by atoms with Gasteiger partial charge in [-0.3, -0.25) is 19.5 Å². The molecule has 1 unspecified atom stereocenters. The number of pyridine rings is 1. The maximum Gasteiger partial charge on any atom is 0.300 e. The molecule has 1 amide bonds. The van der Waals surface area contributed by atoms with Crippen molar-refractivity contribution >= 4 is 23.1 Å². The molecular formula is C28H26N2O6. The van der Waals surface area contributed by atoms with E-state index in [4.69, 9.17) is 14.2 Å². The van der Waals surface area contributed by atoms with E-state index in [1.54, 1.807) is 60.9 Å². The third kappa shape index (κ3) is 4.15. The van der Waals surface area contributed by atoms with Crippen LogP contribution in [0, 0.1) is 12.8 Å². The van der Waals surface area contributed by atoms with Crippen molar-refractivity contribution < 1.29 is 28.9 Å². The molecule has 1 fully saturated rings. The van der Waals surface area contributed by atoms with E-state index in [1.165, 1.54) is 4.90 Å². The normalized spacial score (nSPS) is 18.2. The average Bonchev–Trinajstić information content (AvgIpc) is 3.45. The molecule has 0 spiro atoms. The highest BCUT2D eigenvalue weighted by Gasteiger charge is 2.47. The number of ether oxygens (including phenoxy) is 3. The number of nitrogens with zero attached hydrogens (tertiary/aromatic N) is 2. The molecule has 1 N–H and O–H groups in total. The molecule has 3 aromatic rings. The monoisotopic (exact) mass is 486 g/mol. The van der Waals surface area contributed by atoms with E-state index in [9.17, 15) is 14.7 Å². The SMILES string of the molecule is Cc1cc(/C(O)=C2\C(=O)C(=O)N(c3ccc4c(c3)OCO4)C2c2cccnc2)ccc1OCC(C)C. The molecule has 2 aromatic carbocycles. The number of aliphatic hydroxyl groups excluding tert-OH is 1. The van der Waals surface area contributed by atoms with Gasteiger partial charge in [0, 0.05) is 29.7 Å². The molecule has 1 saturated heterocycles. The molecule has 0 radical (unpaired) electrons. The van der Waals surface area contributed by atoms with E-state index >= 15 is 0 Å². The zero-order valence-electron chi connectivity index (χ0n) is 20.2. The van der Waals surface area contributed by atoms with Gasteiger partial charge in [-0.25, -0.2) is 0 Å². The van der Waals surface area contributed by atoms with Crippen LogP contribution >= 0.6 is 0 Å². The first-order valence-electron chi connectivity index (χ1n) is 11.7. The van der Waals surface area contributed by atoms with Gasteiger partial charge in [-0.05, 0) is 60.4 Å². The zero-order chi connectivity index (χ0) is 25.4. The molecule has 0 saturated carbocycles. The first kappa shape index (κ1) is 23.4. The lowest BCUT2D eigenvalue weighted by molar-refractivity contribution is -0.132. The summed E-state index contributed by atoms with van der Waals surface area (Å²) in [6, 6.07) is 12.8. The molecule has 0 aliphatic carbocycles. The van der Waals surface area contributed by atoms with Gasteiger partial charge in [0.05, 0.1) is 18.2 Å². The van der Waals surface area contributed by atoms with E-state index in [0.717, 1.165) is 5.56 Å². The van der Waals surface area contributed by atoms with Gasteiger partial charge in [0.25, 0.3) is 11.7 Å². The second-order valence-corrected chi connectivity index (χ2v) is 9.18. The summed E-state index contributed by atoms with van der Waals surface area (Å²) in [6.45, 7) is 6.64. The Morgan fingerprint density at radius 1 is 1.14 bits per heavy atom. The third-order valence-electron chi connectivity index (χ3n) is 6.10. The smallest absolute Gasteiger partial charge is 0.300 e. The van der Waals surface area contributed by atoms with Crippen LogP contribution in [0.25, 0.3) is 5.76 Å². The van der Waals surface area contributed by atoms with E-state index in [-0.39, 0.29) is 18.1 Å². The van der Waals surface area contributed by atoms with Crippen LogP contribution in [0.1, 0.15) is 36.6 Å². The van der Waals surface area contributed by atoms with Gasteiger partial charge in [0.1, 0.15) is 11.5 Å². The summed E-state index contributed by atoms with van der Waals surface area (Å²) in [6.07, 6.45) is 3.19. The topological polar surface area (TPSA) is 98.2 Å². The molecule has 3 heterocycles. The molecule has 2 aliphatic heterocycles. The molecule has 5 rings (SSSR count). The van der Waals surface area contributed by atoms with Gasteiger partial charge in [-0.15, -0.1) is 0 Å². The van der Waals surface area contributed by atoms with E-state index in [1.807, 2.05) is 6.92 Å². The standard InChI is InChI=1S/C28H26N2O6/c1-16(2)14-34-21-8-6-18(11-17(21)3)26(31)24-25(19-5-4-10-29-13-19)30(28(33)27(24)32)20-7-9-22-23(12-20)36-15-35-22/h4-13,16,25,31H,14-15H2,1-3H3/b26-24+. The van der Waals surface area contributed by atoms with Gasteiger partial charge < -0.3 is 19.3 Å². The van der Waals surface area contributed by atoms with Crippen molar-refractivity contribution in [2.75, 3.05) is 18.3 Å². The number of carbonyl (C=O) groups is 2.